The molecule has 2 N–H and O–H groups in total. The van der Waals surface area contributed by atoms with E-state index in [9.17, 15) is 10.2 Å². The number of phenolic OH excluding ortho intramolecular Hbond substituents is 2. The molecule has 0 unspecified atom stereocenters. The highest BCUT2D eigenvalue weighted by Crippen LogP contribution is 2.49. The van der Waals surface area contributed by atoms with Gasteiger partial charge in [-0.1, -0.05) is 99.5 Å². The van der Waals surface area contributed by atoms with Crippen LogP contribution in [0.25, 0.3) is 54.2 Å². The first-order valence-corrected chi connectivity index (χ1v) is 12.9. The van der Waals surface area contributed by atoms with Crippen LogP contribution >= 0.6 is 0 Å². The Morgan fingerprint density at radius 2 is 0.806 bits per heavy atom. The molecule has 0 saturated carbocycles. The molecular weight excluding hydrogens is 440 g/mol. The van der Waals surface area contributed by atoms with Gasteiger partial charge in [0.1, 0.15) is 11.5 Å². The molecule has 2 heteroatoms. The molecule has 178 valence electrons. The molecule has 0 amide bonds. The fraction of sp³-hybridized carbons (Fsp3) is 0.176. The summed E-state index contributed by atoms with van der Waals surface area (Å²) in [5.74, 6) is 0.667. The van der Waals surface area contributed by atoms with E-state index in [4.69, 9.17) is 0 Å². The number of hydrogen-bond acceptors (Lipinski definition) is 2. The topological polar surface area (TPSA) is 40.5 Å². The van der Waals surface area contributed by atoms with Crippen molar-refractivity contribution in [3.63, 3.8) is 0 Å². The molecule has 0 aromatic heterocycles. The van der Waals surface area contributed by atoms with Gasteiger partial charge in [0.05, 0.1) is 0 Å². The summed E-state index contributed by atoms with van der Waals surface area (Å²) < 4.78 is 0. The molecule has 0 spiro atoms. The van der Waals surface area contributed by atoms with Gasteiger partial charge in [0.2, 0.25) is 0 Å². The first kappa shape index (κ1) is 22.4. The Bertz CT molecular complexity index is 1650. The van der Waals surface area contributed by atoms with Crippen LogP contribution in [0.5, 0.6) is 11.5 Å². The van der Waals surface area contributed by atoms with E-state index in [1.165, 1.54) is 11.1 Å². The monoisotopic (exact) mass is 470 g/mol. The molecule has 2 nitrogen and oxygen atoms in total. The van der Waals surface area contributed by atoms with Crippen molar-refractivity contribution < 1.29 is 10.2 Å². The third-order valence-corrected chi connectivity index (χ3v) is 7.45. The second-order valence-electron chi connectivity index (χ2n) is 9.80. The van der Waals surface area contributed by atoms with E-state index in [0.717, 1.165) is 79.9 Å². The lowest BCUT2D eigenvalue weighted by atomic mass is 9.84. The molecule has 36 heavy (non-hydrogen) atoms. The molecule has 0 atom stereocenters. The number of phenols is 2. The van der Waals surface area contributed by atoms with E-state index in [1.54, 1.807) is 0 Å². The molecule has 0 saturated heterocycles. The normalized spacial score (nSPS) is 11.7. The first-order valence-electron chi connectivity index (χ1n) is 12.9. The Kier molecular flexibility index (Phi) is 5.53. The van der Waals surface area contributed by atoms with Crippen LogP contribution in [-0.4, -0.2) is 10.2 Å². The molecule has 6 aromatic rings. The third-order valence-electron chi connectivity index (χ3n) is 7.45. The van der Waals surface area contributed by atoms with Gasteiger partial charge >= 0.3 is 0 Å². The van der Waals surface area contributed by atoms with Crippen molar-refractivity contribution in [2.45, 2.75) is 39.5 Å². The van der Waals surface area contributed by atoms with Gasteiger partial charge in [-0.25, -0.2) is 0 Å². The van der Waals surface area contributed by atoms with Gasteiger partial charge in [-0.3, -0.25) is 0 Å². The van der Waals surface area contributed by atoms with E-state index >= 15 is 0 Å². The largest absolute Gasteiger partial charge is 0.507 e. The van der Waals surface area contributed by atoms with E-state index < -0.39 is 0 Å². The van der Waals surface area contributed by atoms with Crippen molar-refractivity contribution in [1.29, 1.82) is 0 Å². The second-order valence-corrected chi connectivity index (χ2v) is 9.80. The Labute approximate surface area is 211 Å². The lowest BCUT2D eigenvalue weighted by molar-refractivity contribution is 0.487. The van der Waals surface area contributed by atoms with Gasteiger partial charge in [0.15, 0.2) is 0 Å². The highest BCUT2D eigenvalue weighted by molar-refractivity contribution is 6.26. The summed E-state index contributed by atoms with van der Waals surface area (Å²) in [7, 11) is 0. The van der Waals surface area contributed by atoms with Crippen LogP contribution in [0.2, 0.25) is 0 Å². The van der Waals surface area contributed by atoms with Gasteiger partial charge in [0, 0.05) is 21.5 Å². The summed E-state index contributed by atoms with van der Waals surface area (Å²) in [6.45, 7) is 4.36. The summed E-state index contributed by atoms with van der Waals surface area (Å²) in [4.78, 5) is 0. The molecule has 0 bridgehead atoms. The predicted octanol–water partition coefficient (Wildman–Crippen LogP) is 9.28. The van der Waals surface area contributed by atoms with Crippen molar-refractivity contribution in [1.82, 2.24) is 0 Å². The van der Waals surface area contributed by atoms with Crippen molar-refractivity contribution in [2.75, 3.05) is 0 Å². The average Bonchev–Trinajstić information content (AvgIpc) is 2.91. The highest BCUT2D eigenvalue weighted by Gasteiger charge is 2.21. The van der Waals surface area contributed by atoms with Gasteiger partial charge in [-0.2, -0.15) is 0 Å². The van der Waals surface area contributed by atoms with Crippen LogP contribution < -0.4 is 0 Å². The molecule has 0 aliphatic carbocycles. The van der Waals surface area contributed by atoms with Crippen LogP contribution in [-0.2, 0) is 12.8 Å². The first-order chi connectivity index (χ1) is 17.6. The van der Waals surface area contributed by atoms with Gasteiger partial charge in [-0.15, -0.1) is 0 Å². The van der Waals surface area contributed by atoms with Crippen molar-refractivity contribution in [3.05, 3.63) is 96.1 Å². The number of benzene rings is 6. The maximum Gasteiger partial charge on any atom is 0.131 e. The molecule has 0 fully saturated rings. The Morgan fingerprint density at radius 1 is 0.444 bits per heavy atom. The van der Waals surface area contributed by atoms with Crippen LogP contribution in [0, 0.1) is 0 Å². The molecular formula is C34H30O2. The maximum atomic E-state index is 11.4. The van der Waals surface area contributed by atoms with Crippen LogP contribution in [0.15, 0.2) is 84.9 Å². The fourth-order valence-corrected chi connectivity index (χ4v) is 5.83. The SMILES string of the molecule is CCCc1ccc2c(-c3c4ccccc4c(O)c4cc(CCC)ccc34)c3ccccc3c(O)c2c1. The summed E-state index contributed by atoms with van der Waals surface area (Å²) in [5, 5.41) is 30.3. The number of aromatic hydroxyl groups is 2. The highest BCUT2D eigenvalue weighted by atomic mass is 16.3. The van der Waals surface area contributed by atoms with Gasteiger partial charge < -0.3 is 10.2 Å². The summed E-state index contributed by atoms with van der Waals surface area (Å²) in [6.07, 6.45) is 4.06. The van der Waals surface area contributed by atoms with Gasteiger partial charge in [-0.05, 0) is 68.8 Å². The zero-order valence-electron chi connectivity index (χ0n) is 20.8. The molecule has 0 heterocycles. The van der Waals surface area contributed by atoms with Crippen LogP contribution in [0.3, 0.4) is 0 Å². The summed E-state index contributed by atoms with van der Waals surface area (Å²) in [6, 6.07) is 29.2. The fourth-order valence-electron chi connectivity index (χ4n) is 5.83. The minimum Gasteiger partial charge on any atom is -0.507 e. The van der Waals surface area contributed by atoms with Crippen LogP contribution in [0.1, 0.15) is 37.8 Å². The minimum atomic E-state index is 0.333. The molecule has 0 radical (unpaired) electrons. The number of hydrogen-bond donors (Lipinski definition) is 2. The summed E-state index contributed by atoms with van der Waals surface area (Å²) >= 11 is 0. The average molecular weight is 471 g/mol. The molecule has 6 rings (SSSR count). The smallest absolute Gasteiger partial charge is 0.131 e. The minimum absolute atomic E-state index is 0.333. The van der Waals surface area contributed by atoms with Crippen molar-refractivity contribution in [3.8, 4) is 22.6 Å². The Hall–Kier alpha value is -4.04. The lowest BCUT2D eigenvalue weighted by Crippen LogP contribution is -1.93. The lowest BCUT2D eigenvalue weighted by Gasteiger charge is -2.20. The van der Waals surface area contributed by atoms with E-state index in [-0.39, 0.29) is 0 Å². The maximum absolute atomic E-state index is 11.4. The predicted molar refractivity (Wildman–Crippen MR) is 153 cm³/mol. The van der Waals surface area contributed by atoms with Crippen molar-refractivity contribution >= 4 is 43.1 Å². The number of fused-ring (bicyclic) bond motifs is 4. The third kappa shape index (κ3) is 3.40. The van der Waals surface area contributed by atoms with Gasteiger partial charge in [0.25, 0.3) is 0 Å². The van der Waals surface area contributed by atoms with E-state index in [2.05, 4.69) is 62.4 Å². The zero-order valence-corrected chi connectivity index (χ0v) is 20.8. The summed E-state index contributed by atoms with van der Waals surface area (Å²) in [5.41, 5.74) is 4.66. The van der Waals surface area contributed by atoms with E-state index in [0.29, 0.717) is 11.5 Å². The zero-order chi connectivity index (χ0) is 24.8. The standard InChI is InChI=1S/C34H30O2/c1-3-9-21-15-17-25-29(19-21)33(35)27-13-7-5-11-23(27)31(25)32-24-12-6-8-14-28(24)34(36)30-20-22(10-4-2)16-18-26(30)32/h5-8,11-20,35-36H,3-4,9-10H2,1-2H3. The number of rotatable bonds is 5. The second kappa shape index (κ2) is 8.87. The van der Waals surface area contributed by atoms with E-state index in [1.807, 2.05) is 36.4 Å². The Morgan fingerprint density at radius 3 is 1.19 bits per heavy atom. The van der Waals surface area contributed by atoms with Crippen LogP contribution in [0.4, 0.5) is 0 Å². The number of aryl methyl sites for hydroxylation is 2. The molecule has 6 aromatic carbocycles. The van der Waals surface area contributed by atoms with Crippen molar-refractivity contribution in [2.24, 2.45) is 0 Å². The quantitative estimate of drug-likeness (QED) is 0.246. The molecule has 0 aliphatic rings. The Balaban J connectivity index is 1.85. The molecule has 0 aliphatic heterocycles.